The molecule has 2 aromatic rings. The Morgan fingerprint density at radius 3 is 2.40 bits per heavy atom. The summed E-state index contributed by atoms with van der Waals surface area (Å²) in [4.78, 5) is -0.317. The minimum atomic E-state index is -4.89. The van der Waals surface area contributed by atoms with Gasteiger partial charge in [-0.1, -0.05) is 30.3 Å². The van der Waals surface area contributed by atoms with E-state index in [2.05, 4.69) is 9.46 Å². The molecule has 0 radical (unpaired) electrons. The fourth-order valence-corrected chi connectivity index (χ4v) is 3.15. The van der Waals surface area contributed by atoms with E-state index in [4.69, 9.17) is 4.74 Å². The van der Waals surface area contributed by atoms with E-state index in [1.807, 2.05) is 6.07 Å². The second-order valence-corrected chi connectivity index (χ2v) is 6.87. The fraction of sp³-hybridized carbons (Fsp3) is 0.250. The first-order chi connectivity index (χ1) is 11.7. The van der Waals surface area contributed by atoms with Crippen LogP contribution in [0.1, 0.15) is 11.1 Å². The lowest BCUT2D eigenvalue weighted by atomic mass is 10.1. The number of sulfonamides is 1. The molecule has 0 atom stereocenters. The van der Waals surface area contributed by atoms with E-state index in [-0.39, 0.29) is 11.4 Å². The molecule has 0 aliphatic heterocycles. The van der Waals surface area contributed by atoms with Gasteiger partial charge in [0.2, 0.25) is 10.0 Å². The van der Waals surface area contributed by atoms with Gasteiger partial charge >= 0.3 is 6.36 Å². The van der Waals surface area contributed by atoms with Gasteiger partial charge in [0, 0.05) is 19.7 Å². The number of benzene rings is 2. The zero-order valence-electron chi connectivity index (χ0n) is 13.2. The van der Waals surface area contributed by atoms with E-state index >= 15 is 0 Å². The molecular formula is C16H16F3NO4S. The second kappa shape index (κ2) is 7.85. The average Bonchev–Trinajstić information content (AvgIpc) is 2.52. The molecule has 25 heavy (non-hydrogen) atoms. The predicted molar refractivity (Wildman–Crippen MR) is 84.3 cm³/mol. The van der Waals surface area contributed by atoms with Gasteiger partial charge in [0.15, 0.2) is 0 Å². The van der Waals surface area contributed by atoms with Gasteiger partial charge in [0.25, 0.3) is 0 Å². The van der Waals surface area contributed by atoms with Crippen molar-refractivity contribution in [1.82, 2.24) is 4.72 Å². The highest BCUT2D eigenvalue weighted by Gasteiger charge is 2.31. The first-order valence-electron chi connectivity index (χ1n) is 7.12. The molecule has 0 spiro atoms. The number of alkyl halides is 3. The molecule has 2 aromatic carbocycles. The Morgan fingerprint density at radius 1 is 1.04 bits per heavy atom. The van der Waals surface area contributed by atoms with Crippen molar-refractivity contribution in [3.05, 3.63) is 59.7 Å². The van der Waals surface area contributed by atoms with E-state index in [9.17, 15) is 21.6 Å². The summed E-state index contributed by atoms with van der Waals surface area (Å²) < 4.78 is 72.3. The fourth-order valence-electron chi connectivity index (χ4n) is 2.10. The van der Waals surface area contributed by atoms with Crippen molar-refractivity contribution in [2.45, 2.75) is 24.4 Å². The summed E-state index contributed by atoms with van der Waals surface area (Å²) in [5.41, 5.74) is 1.57. The normalized spacial score (nSPS) is 12.2. The monoisotopic (exact) mass is 375 g/mol. The molecule has 0 aromatic heterocycles. The summed E-state index contributed by atoms with van der Waals surface area (Å²) in [5, 5.41) is 0. The Morgan fingerprint density at radius 2 is 1.72 bits per heavy atom. The van der Waals surface area contributed by atoms with Gasteiger partial charge in [-0.2, -0.15) is 0 Å². The highest BCUT2D eigenvalue weighted by molar-refractivity contribution is 7.89. The first-order valence-corrected chi connectivity index (χ1v) is 8.60. The number of halogens is 3. The molecule has 136 valence electrons. The van der Waals surface area contributed by atoms with Crippen LogP contribution in [0.15, 0.2) is 53.4 Å². The third kappa shape index (κ3) is 6.04. The molecular weight excluding hydrogens is 359 g/mol. The summed E-state index contributed by atoms with van der Waals surface area (Å²) >= 11 is 0. The molecule has 0 aliphatic rings. The molecule has 0 saturated heterocycles. The van der Waals surface area contributed by atoms with Crippen molar-refractivity contribution < 1.29 is 31.1 Å². The Hall–Kier alpha value is -2.10. The number of ether oxygens (including phenoxy) is 2. The number of methoxy groups -OCH3 is 1. The summed E-state index contributed by atoms with van der Waals surface area (Å²) in [6.07, 6.45) is -4.89. The number of nitrogens with one attached hydrogen (secondary N) is 1. The lowest BCUT2D eigenvalue weighted by Crippen LogP contribution is -2.23. The van der Waals surface area contributed by atoms with E-state index in [1.54, 1.807) is 25.3 Å². The molecule has 0 bridgehead atoms. The van der Waals surface area contributed by atoms with Crippen LogP contribution in [0.5, 0.6) is 5.75 Å². The lowest BCUT2D eigenvalue weighted by Gasteiger charge is -2.11. The van der Waals surface area contributed by atoms with Gasteiger partial charge in [-0.15, -0.1) is 13.2 Å². The maximum Gasteiger partial charge on any atom is 0.573 e. The van der Waals surface area contributed by atoms with Gasteiger partial charge < -0.3 is 9.47 Å². The van der Waals surface area contributed by atoms with Gasteiger partial charge in [-0.3, -0.25) is 0 Å². The topological polar surface area (TPSA) is 64.6 Å². The standard InChI is InChI=1S/C16H16F3NO4S/c1-23-11-13-5-2-4-12(8-13)10-20-25(21,22)15-7-3-6-14(9-15)24-16(17,18)19/h2-9,20H,10-11H2,1H3. The SMILES string of the molecule is COCc1cccc(CNS(=O)(=O)c2cccc(OC(F)(F)F)c2)c1. The minimum Gasteiger partial charge on any atom is -0.406 e. The quantitative estimate of drug-likeness (QED) is 0.807. The second-order valence-electron chi connectivity index (χ2n) is 5.10. The van der Waals surface area contributed by atoms with Crippen molar-refractivity contribution in [2.75, 3.05) is 7.11 Å². The van der Waals surface area contributed by atoms with Crippen LogP contribution in [0.25, 0.3) is 0 Å². The van der Waals surface area contributed by atoms with Crippen molar-refractivity contribution >= 4 is 10.0 Å². The Labute approximate surface area is 143 Å². The van der Waals surface area contributed by atoms with Crippen LogP contribution in [0, 0.1) is 0 Å². The van der Waals surface area contributed by atoms with Crippen LogP contribution in [0.4, 0.5) is 13.2 Å². The van der Waals surface area contributed by atoms with Gasteiger partial charge in [-0.05, 0) is 23.3 Å². The van der Waals surface area contributed by atoms with Crippen LogP contribution in [0.2, 0.25) is 0 Å². The molecule has 0 aliphatic carbocycles. The van der Waals surface area contributed by atoms with Crippen molar-refractivity contribution in [3.63, 3.8) is 0 Å². The van der Waals surface area contributed by atoms with Crippen LogP contribution in [-0.4, -0.2) is 21.9 Å². The molecule has 2 rings (SSSR count). The zero-order valence-corrected chi connectivity index (χ0v) is 14.0. The molecule has 9 heteroatoms. The average molecular weight is 375 g/mol. The van der Waals surface area contributed by atoms with E-state index in [0.717, 1.165) is 17.7 Å². The summed E-state index contributed by atoms with van der Waals surface area (Å²) in [6, 6.07) is 11.3. The van der Waals surface area contributed by atoms with Crippen molar-refractivity contribution in [3.8, 4) is 5.75 Å². The molecule has 1 N–H and O–H groups in total. The predicted octanol–water partition coefficient (Wildman–Crippen LogP) is 3.21. The molecule has 0 heterocycles. The summed E-state index contributed by atoms with van der Waals surface area (Å²) in [7, 11) is -2.44. The van der Waals surface area contributed by atoms with Gasteiger partial charge in [0.1, 0.15) is 5.75 Å². The molecule has 0 fully saturated rings. The van der Waals surface area contributed by atoms with Crippen LogP contribution >= 0.6 is 0 Å². The van der Waals surface area contributed by atoms with Gasteiger partial charge in [0.05, 0.1) is 11.5 Å². The number of hydrogen-bond donors (Lipinski definition) is 1. The lowest BCUT2D eigenvalue weighted by molar-refractivity contribution is -0.274. The molecule has 5 nitrogen and oxygen atoms in total. The Kier molecular flexibility index (Phi) is 6.04. The third-order valence-electron chi connectivity index (χ3n) is 3.12. The van der Waals surface area contributed by atoms with E-state index < -0.39 is 22.1 Å². The largest absolute Gasteiger partial charge is 0.573 e. The Bertz CT molecular complexity index is 822. The number of rotatable bonds is 7. The van der Waals surface area contributed by atoms with Crippen LogP contribution < -0.4 is 9.46 Å². The Balaban J connectivity index is 2.11. The molecule has 0 unspecified atom stereocenters. The van der Waals surface area contributed by atoms with E-state index in [0.29, 0.717) is 12.2 Å². The van der Waals surface area contributed by atoms with Gasteiger partial charge in [-0.25, -0.2) is 13.1 Å². The molecule has 0 saturated carbocycles. The van der Waals surface area contributed by atoms with Crippen molar-refractivity contribution in [1.29, 1.82) is 0 Å². The van der Waals surface area contributed by atoms with Crippen molar-refractivity contribution in [2.24, 2.45) is 0 Å². The highest BCUT2D eigenvalue weighted by Crippen LogP contribution is 2.24. The first kappa shape index (κ1) is 19.2. The van der Waals surface area contributed by atoms with E-state index in [1.165, 1.54) is 12.1 Å². The third-order valence-corrected chi connectivity index (χ3v) is 4.52. The molecule has 0 amide bonds. The minimum absolute atomic E-state index is 0.00968. The number of hydrogen-bond acceptors (Lipinski definition) is 4. The highest BCUT2D eigenvalue weighted by atomic mass is 32.2. The van der Waals surface area contributed by atoms with Crippen LogP contribution in [-0.2, 0) is 27.9 Å². The smallest absolute Gasteiger partial charge is 0.406 e. The zero-order chi connectivity index (χ0) is 18.5. The maximum atomic E-state index is 12.3. The van der Waals surface area contributed by atoms with Crippen LogP contribution in [0.3, 0.4) is 0 Å². The summed E-state index contributed by atoms with van der Waals surface area (Å²) in [6.45, 7) is 0.377. The summed E-state index contributed by atoms with van der Waals surface area (Å²) in [5.74, 6) is -0.600. The maximum absolute atomic E-state index is 12.3.